The molecular formula is C20H16BrF13. The minimum atomic E-state index is -7.85. The van der Waals surface area contributed by atoms with Crippen LogP contribution in [-0.4, -0.2) is 35.8 Å². The highest BCUT2D eigenvalue weighted by atomic mass is 79.9. The average molecular weight is 583 g/mol. The zero-order chi connectivity index (χ0) is 26.6. The molecule has 0 unspecified atom stereocenters. The maximum atomic E-state index is 13.6. The Bertz CT molecular complexity index is 861. The van der Waals surface area contributed by atoms with Gasteiger partial charge in [-0.2, -0.15) is 57.1 Å². The molecule has 0 radical (unpaired) electrons. The molecule has 1 aromatic rings. The maximum absolute atomic E-state index is 13.6. The molecular weight excluding hydrogens is 567 g/mol. The summed E-state index contributed by atoms with van der Waals surface area (Å²) < 4.78 is 170. The first-order valence-corrected chi connectivity index (χ1v) is 10.2. The lowest BCUT2D eigenvalue weighted by Gasteiger charge is -2.39. The number of benzene rings is 1. The van der Waals surface area contributed by atoms with Crippen LogP contribution in [0.2, 0.25) is 0 Å². The van der Waals surface area contributed by atoms with Crippen LogP contribution in [0, 0.1) is 11.8 Å². The molecule has 0 N–H and O–H groups in total. The Morgan fingerprint density at radius 2 is 1.06 bits per heavy atom. The normalized spacial score (nSPS) is 14.1. The van der Waals surface area contributed by atoms with Gasteiger partial charge < -0.3 is 0 Å². The number of alkyl halides is 13. The summed E-state index contributed by atoms with van der Waals surface area (Å²) >= 11 is 3.22. The molecule has 14 heteroatoms. The first kappa shape index (κ1) is 30.4. The third-order valence-electron chi connectivity index (χ3n) is 4.62. The van der Waals surface area contributed by atoms with Gasteiger partial charge in [-0.3, -0.25) is 0 Å². The van der Waals surface area contributed by atoms with Gasteiger partial charge in [-0.1, -0.05) is 40.6 Å². The molecule has 0 aliphatic rings. The van der Waals surface area contributed by atoms with Gasteiger partial charge in [0.25, 0.3) is 0 Å². The van der Waals surface area contributed by atoms with Crippen LogP contribution in [0.1, 0.15) is 44.1 Å². The van der Waals surface area contributed by atoms with E-state index in [1.54, 1.807) is 24.3 Å². The van der Waals surface area contributed by atoms with Crippen LogP contribution in [0.25, 0.3) is 0 Å². The van der Waals surface area contributed by atoms with Crippen LogP contribution < -0.4 is 0 Å². The predicted molar refractivity (Wildman–Crippen MR) is 99.5 cm³/mol. The van der Waals surface area contributed by atoms with Crippen LogP contribution in [0.5, 0.6) is 0 Å². The van der Waals surface area contributed by atoms with Gasteiger partial charge in [-0.05, 0) is 37.1 Å². The zero-order valence-electron chi connectivity index (χ0n) is 16.8. The Hall–Kier alpha value is -1.65. The molecule has 0 saturated heterocycles. The summed E-state index contributed by atoms with van der Waals surface area (Å²) in [5, 5.41) is 0. The van der Waals surface area contributed by atoms with Crippen molar-refractivity contribution in [2.24, 2.45) is 0 Å². The number of rotatable bonds is 10. The predicted octanol–water partition coefficient (Wildman–Crippen LogP) is 8.88. The summed E-state index contributed by atoms with van der Waals surface area (Å²) in [5.41, 5.74) is 0.666. The van der Waals surface area contributed by atoms with E-state index in [1.807, 2.05) is 0 Å². The lowest BCUT2D eigenvalue weighted by atomic mass is 9.91. The smallest absolute Gasteiger partial charge is 0.200 e. The summed E-state index contributed by atoms with van der Waals surface area (Å²) in [5.74, 6) is -30.9. The molecule has 0 saturated carbocycles. The van der Waals surface area contributed by atoms with Crippen molar-refractivity contribution in [1.82, 2.24) is 0 Å². The Kier molecular flexibility index (Phi) is 9.42. The maximum Gasteiger partial charge on any atom is 0.460 e. The number of hydrogen-bond acceptors (Lipinski definition) is 0. The molecule has 0 heterocycles. The van der Waals surface area contributed by atoms with Crippen molar-refractivity contribution in [1.29, 1.82) is 0 Å². The van der Waals surface area contributed by atoms with E-state index in [-0.39, 0.29) is 25.7 Å². The fraction of sp³-hybridized carbons (Fsp3) is 0.600. The van der Waals surface area contributed by atoms with Gasteiger partial charge >= 0.3 is 35.8 Å². The highest BCUT2D eigenvalue weighted by Gasteiger charge is 2.90. The quantitative estimate of drug-likeness (QED) is 0.147. The second-order valence-electron chi connectivity index (χ2n) is 7.22. The van der Waals surface area contributed by atoms with Crippen molar-refractivity contribution in [3.05, 3.63) is 34.3 Å². The second kappa shape index (κ2) is 10.5. The molecule has 0 nitrogen and oxygen atoms in total. The van der Waals surface area contributed by atoms with Crippen molar-refractivity contribution < 1.29 is 57.1 Å². The van der Waals surface area contributed by atoms with Crippen LogP contribution >= 0.6 is 15.9 Å². The molecule has 34 heavy (non-hydrogen) atoms. The van der Waals surface area contributed by atoms with Crippen LogP contribution in [0.4, 0.5) is 57.1 Å². The highest BCUT2D eigenvalue weighted by Crippen LogP contribution is 2.60. The molecule has 0 fully saturated rings. The summed E-state index contributed by atoms with van der Waals surface area (Å²) in [6, 6.07) is 6.85. The molecule has 0 atom stereocenters. The molecule has 1 rings (SSSR count). The SMILES string of the molecule is FC(F)(F)C(F)(F)C(F)(F)C(F)(F)C(F)(F)C(F)(F)CCCCCCC#Cc1ccc(Br)cc1. The molecule has 194 valence electrons. The lowest BCUT2D eigenvalue weighted by molar-refractivity contribution is -0.440. The molecule has 0 amide bonds. The van der Waals surface area contributed by atoms with Gasteiger partial charge in [0.05, 0.1) is 0 Å². The third-order valence-corrected chi connectivity index (χ3v) is 5.15. The topological polar surface area (TPSA) is 0 Å². The Morgan fingerprint density at radius 3 is 1.56 bits per heavy atom. The average Bonchev–Trinajstić information content (AvgIpc) is 2.69. The molecule has 0 spiro atoms. The first-order chi connectivity index (χ1) is 15.2. The van der Waals surface area contributed by atoms with Crippen molar-refractivity contribution in [2.45, 2.75) is 74.3 Å². The van der Waals surface area contributed by atoms with E-state index in [9.17, 15) is 57.1 Å². The second-order valence-corrected chi connectivity index (χ2v) is 8.14. The van der Waals surface area contributed by atoms with Gasteiger partial charge in [-0.25, -0.2) is 0 Å². The fourth-order valence-electron chi connectivity index (χ4n) is 2.57. The van der Waals surface area contributed by atoms with Gasteiger partial charge in [0.15, 0.2) is 0 Å². The van der Waals surface area contributed by atoms with E-state index in [1.165, 1.54) is 0 Å². The Labute approximate surface area is 194 Å². The largest absolute Gasteiger partial charge is 0.460 e. The van der Waals surface area contributed by atoms with Crippen LogP contribution in [0.15, 0.2) is 28.7 Å². The summed E-state index contributed by atoms with van der Waals surface area (Å²) in [7, 11) is 0. The van der Waals surface area contributed by atoms with Gasteiger partial charge in [0.2, 0.25) is 0 Å². The summed E-state index contributed by atoms with van der Waals surface area (Å²) in [6.07, 6.45) is -10.1. The Balaban J connectivity index is 2.70. The van der Waals surface area contributed by atoms with E-state index < -0.39 is 48.6 Å². The third kappa shape index (κ3) is 6.12. The number of unbranched alkanes of at least 4 members (excludes halogenated alkanes) is 4. The lowest BCUT2D eigenvalue weighted by Crippen LogP contribution is -2.70. The van der Waals surface area contributed by atoms with Crippen molar-refractivity contribution in [3.8, 4) is 11.8 Å². The van der Waals surface area contributed by atoms with Crippen molar-refractivity contribution in [3.63, 3.8) is 0 Å². The van der Waals surface area contributed by atoms with Gasteiger partial charge in [0.1, 0.15) is 0 Å². The highest BCUT2D eigenvalue weighted by molar-refractivity contribution is 9.10. The Morgan fingerprint density at radius 1 is 0.588 bits per heavy atom. The minimum Gasteiger partial charge on any atom is -0.200 e. The van der Waals surface area contributed by atoms with E-state index in [2.05, 4.69) is 27.8 Å². The van der Waals surface area contributed by atoms with E-state index in [0.717, 1.165) is 4.47 Å². The first-order valence-electron chi connectivity index (χ1n) is 9.42. The van der Waals surface area contributed by atoms with Crippen LogP contribution in [0.3, 0.4) is 0 Å². The molecule has 0 aliphatic heterocycles. The van der Waals surface area contributed by atoms with E-state index in [4.69, 9.17) is 0 Å². The minimum absolute atomic E-state index is 0.0926. The number of hydrogen-bond donors (Lipinski definition) is 0. The van der Waals surface area contributed by atoms with Crippen molar-refractivity contribution >= 4 is 15.9 Å². The van der Waals surface area contributed by atoms with Gasteiger partial charge in [-0.15, -0.1) is 0 Å². The summed E-state index contributed by atoms with van der Waals surface area (Å²) in [4.78, 5) is 0. The molecule has 1 aromatic carbocycles. The zero-order valence-corrected chi connectivity index (χ0v) is 18.4. The van der Waals surface area contributed by atoms with E-state index >= 15 is 0 Å². The molecule has 0 aromatic heterocycles. The monoisotopic (exact) mass is 582 g/mol. The number of halogens is 14. The molecule has 0 aliphatic carbocycles. The van der Waals surface area contributed by atoms with Gasteiger partial charge in [0, 0.05) is 22.9 Å². The molecule has 0 bridgehead atoms. The standard InChI is InChI=1S/C20H16BrF13/c21-14-10-8-13(9-11-14)7-5-3-1-2-4-6-12-15(22,23)16(24,25)17(26,27)18(28,29)19(30,31)20(32,33)34/h8-11H,1-4,6,12H2. The van der Waals surface area contributed by atoms with Crippen LogP contribution in [-0.2, 0) is 0 Å². The van der Waals surface area contributed by atoms with E-state index in [0.29, 0.717) is 5.56 Å². The summed E-state index contributed by atoms with van der Waals surface area (Å²) in [6.45, 7) is 0. The fourth-order valence-corrected chi connectivity index (χ4v) is 2.84. The van der Waals surface area contributed by atoms with Crippen molar-refractivity contribution in [2.75, 3.05) is 0 Å².